The van der Waals surface area contributed by atoms with Crippen molar-refractivity contribution in [3.63, 3.8) is 0 Å². The molecule has 108 valence electrons. The number of halogens is 3. The minimum absolute atomic E-state index is 0. The van der Waals surface area contributed by atoms with E-state index in [9.17, 15) is 8.78 Å². The quantitative estimate of drug-likeness (QED) is 0.907. The van der Waals surface area contributed by atoms with Crippen molar-refractivity contribution >= 4 is 12.4 Å². The molecular weight excluding hydrogens is 270 g/mol. The summed E-state index contributed by atoms with van der Waals surface area (Å²) in [6.07, 6.45) is 0.864. The monoisotopic (exact) mass is 290 g/mol. The van der Waals surface area contributed by atoms with Gasteiger partial charge < -0.3 is 5.73 Å². The Kier molecular flexibility index (Phi) is 5.30. The maximum absolute atomic E-state index is 13.6. The van der Waals surface area contributed by atoms with Crippen molar-refractivity contribution in [2.45, 2.75) is 32.9 Å². The first-order chi connectivity index (χ1) is 8.40. The zero-order chi connectivity index (χ0) is 13.3. The summed E-state index contributed by atoms with van der Waals surface area (Å²) in [4.78, 5) is 2.07. The number of benzene rings is 1. The van der Waals surface area contributed by atoms with Gasteiger partial charge in [-0.3, -0.25) is 4.90 Å². The van der Waals surface area contributed by atoms with Gasteiger partial charge >= 0.3 is 0 Å². The van der Waals surface area contributed by atoms with E-state index in [1.54, 1.807) is 0 Å². The van der Waals surface area contributed by atoms with Gasteiger partial charge in [0.15, 0.2) is 0 Å². The van der Waals surface area contributed by atoms with E-state index >= 15 is 0 Å². The van der Waals surface area contributed by atoms with Gasteiger partial charge in [-0.15, -0.1) is 12.4 Å². The summed E-state index contributed by atoms with van der Waals surface area (Å²) in [5, 5.41) is 0. The summed E-state index contributed by atoms with van der Waals surface area (Å²) in [5.74, 6) is -0.939. The number of piperidine rings is 1. The highest BCUT2D eigenvalue weighted by atomic mass is 35.5. The predicted octanol–water partition coefficient (Wildman–Crippen LogP) is 2.95. The third-order valence-corrected chi connectivity index (χ3v) is 3.83. The predicted molar refractivity (Wildman–Crippen MR) is 75.3 cm³/mol. The molecule has 0 spiro atoms. The molecule has 0 bridgehead atoms. The van der Waals surface area contributed by atoms with E-state index < -0.39 is 11.6 Å². The standard InChI is InChI=1S/C14H20F2N2.ClH/c1-14(2)9-18(7-6-13(14)17)8-10-11(15)4-3-5-12(10)16;/h3-5,13H,6-9,17H2,1-2H3;1H. The van der Waals surface area contributed by atoms with Crippen LogP contribution in [0.1, 0.15) is 25.8 Å². The van der Waals surface area contributed by atoms with Gasteiger partial charge in [-0.25, -0.2) is 8.78 Å². The second kappa shape index (κ2) is 6.16. The molecule has 1 heterocycles. The molecule has 0 aliphatic carbocycles. The Bertz CT molecular complexity index is 417. The third-order valence-electron chi connectivity index (χ3n) is 3.83. The van der Waals surface area contributed by atoms with Crippen LogP contribution in [0.5, 0.6) is 0 Å². The molecule has 1 aromatic rings. The van der Waals surface area contributed by atoms with Gasteiger partial charge in [0, 0.05) is 31.2 Å². The van der Waals surface area contributed by atoms with Crippen LogP contribution in [0, 0.1) is 17.0 Å². The van der Waals surface area contributed by atoms with Gasteiger partial charge in [-0.2, -0.15) is 0 Å². The molecule has 2 N–H and O–H groups in total. The minimum atomic E-state index is -0.470. The molecule has 2 rings (SSSR count). The largest absolute Gasteiger partial charge is 0.327 e. The highest BCUT2D eigenvalue weighted by Crippen LogP contribution is 2.29. The van der Waals surface area contributed by atoms with Gasteiger partial charge in [-0.1, -0.05) is 19.9 Å². The normalized spacial score (nSPS) is 22.9. The number of hydrogen-bond donors (Lipinski definition) is 1. The van der Waals surface area contributed by atoms with Crippen LogP contribution < -0.4 is 5.73 Å². The SMILES string of the molecule is CC1(C)CN(Cc2c(F)cccc2F)CCC1N.Cl. The molecule has 0 saturated carbocycles. The maximum Gasteiger partial charge on any atom is 0.130 e. The molecule has 1 fully saturated rings. The Morgan fingerprint density at radius 3 is 2.42 bits per heavy atom. The average molecular weight is 291 g/mol. The van der Waals surface area contributed by atoms with Crippen LogP contribution in [0.3, 0.4) is 0 Å². The Morgan fingerprint density at radius 2 is 1.89 bits per heavy atom. The fourth-order valence-electron chi connectivity index (χ4n) is 2.53. The van der Waals surface area contributed by atoms with Gasteiger partial charge in [0.2, 0.25) is 0 Å². The summed E-state index contributed by atoms with van der Waals surface area (Å²) < 4.78 is 27.2. The van der Waals surface area contributed by atoms with E-state index in [-0.39, 0.29) is 29.4 Å². The number of hydrogen-bond acceptors (Lipinski definition) is 2. The van der Waals surface area contributed by atoms with Crippen LogP contribution in [0.25, 0.3) is 0 Å². The molecule has 0 aromatic heterocycles. The maximum atomic E-state index is 13.6. The average Bonchev–Trinajstić information content (AvgIpc) is 2.28. The molecular formula is C14H21ClF2N2. The number of rotatable bonds is 2. The molecule has 1 atom stereocenters. The topological polar surface area (TPSA) is 29.3 Å². The summed E-state index contributed by atoms with van der Waals surface area (Å²) in [7, 11) is 0. The van der Waals surface area contributed by atoms with Crippen molar-refractivity contribution in [3.8, 4) is 0 Å². The Balaban J connectivity index is 0.00000180. The molecule has 5 heteroatoms. The van der Waals surface area contributed by atoms with Gasteiger partial charge in [-0.05, 0) is 24.0 Å². The third kappa shape index (κ3) is 3.65. The van der Waals surface area contributed by atoms with Crippen LogP contribution in [0.15, 0.2) is 18.2 Å². The zero-order valence-corrected chi connectivity index (χ0v) is 12.1. The second-order valence-corrected chi connectivity index (χ2v) is 5.79. The minimum Gasteiger partial charge on any atom is -0.327 e. The van der Waals surface area contributed by atoms with E-state index in [1.807, 2.05) is 0 Å². The first kappa shape index (κ1) is 16.3. The van der Waals surface area contributed by atoms with Gasteiger partial charge in [0.05, 0.1) is 0 Å². The van der Waals surface area contributed by atoms with Crippen molar-refractivity contribution in [1.29, 1.82) is 0 Å². The van der Waals surface area contributed by atoms with Crippen molar-refractivity contribution in [1.82, 2.24) is 4.90 Å². The number of nitrogens with zero attached hydrogens (tertiary/aromatic N) is 1. The Hall–Kier alpha value is -0.710. The Labute approximate surface area is 119 Å². The lowest BCUT2D eigenvalue weighted by Crippen LogP contribution is -2.52. The van der Waals surface area contributed by atoms with Crippen molar-refractivity contribution in [3.05, 3.63) is 35.4 Å². The summed E-state index contributed by atoms with van der Waals surface area (Å²) in [6, 6.07) is 4.15. The first-order valence-electron chi connectivity index (χ1n) is 6.31. The summed E-state index contributed by atoms with van der Waals surface area (Å²) in [6.45, 7) is 6.07. The molecule has 19 heavy (non-hydrogen) atoms. The van der Waals surface area contributed by atoms with Crippen molar-refractivity contribution in [2.24, 2.45) is 11.1 Å². The van der Waals surface area contributed by atoms with E-state index in [2.05, 4.69) is 18.7 Å². The molecule has 1 aliphatic rings. The Morgan fingerprint density at radius 1 is 1.32 bits per heavy atom. The van der Waals surface area contributed by atoms with Gasteiger partial charge in [0.25, 0.3) is 0 Å². The highest BCUT2D eigenvalue weighted by Gasteiger charge is 2.33. The molecule has 2 nitrogen and oxygen atoms in total. The molecule has 0 amide bonds. The summed E-state index contributed by atoms with van der Waals surface area (Å²) in [5.41, 5.74) is 6.20. The van der Waals surface area contributed by atoms with E-state index in [1.165, 1.54) is 18.2 Å². The van der Waals surface area contributed by atoms with E-state index in [0.717, 1.165) is 19.5 Å². The van der Waals surface area contributed by atoms with E-state index in [0.29, 0.717) is 6.54 Å². The fraction of sp³-hybridized carbons (Fsp3) is 0.571. The molecule has 1 unspecified atom stereocenters. The number of nitrogens with two attached hydrogens (primary N) is 1. The molecule has 1 aromatic carbocycles. The highest BCUT2D eigenvalue weighted by molar-refractivity contribution is 5.85. The van der Waals surface area contributed by atoms with Crippen LogP contribution >= 0.6 is 12.4 Å². The van der Waals surface area contributed by atoms with Crippen LogP contribution in [-0.4, -0.2) is 24.0 Å². The van der Waals surface area contributed by atoms with Gasteiger partial charge in [0.1, 0.15) is 11.6 Å². The number of likely N-dealkylation sites (tertiary alicyclic amines) is 1. The summed E-state index contributed by atoms with van der Waals surface area (Å²) >= 11 is 0. The molecule has 1 saturated heterocycles. The first-order valence-corrected chi connectivity index (χ1v) is 6.31. The molecule has 0 radical (unpaired) electrons. The molecule has 1 aliphatic heterocycles. The lowest BCUT2D eigenvalue weighted by molar-refractivity contribution is 0.0880. The fourth-order valence-corrected chi connectivity index (χ4v) is 2.53. The second-order valence-electron chi connectivity index (χ2n) is 5.79. The van der Waals surface area contributed by atoms with Crippen molar-refractivity contribution < 1.29 is 8.78 Å². The van der Waals surface area contributed by atoms with Crippen LogP contribution in [-0.2, 0) is 6.54 Å². The lowest BCUT2D eigenvalue weighted by Gasteiger charge is -2.42. The van der Waals surface area contributed by atoms with Crippen LogP contribution in [0.2, 0.25) is 0 Å². The van der Waals surface area contributed by atoms with Crippen LogP contribution in [0.4, 0.5) is 8.78 Å². The zero-order valence-electron chi connectivity index (χ0n) is 11.3. The lowest BCUT2D eigenvalue weighted by atomic mass is 9.79. The van der Waals surface area contributed by atoms with E-state index in [4.69, 9.17) is 5.73 Å². The van der Waals surface area contributed by atoms with Crippen molar-refractivity contribution in [2.75, 3.05) is 13.1 Å². The smallest absolute Gasteiger partial charge is 0.130 e.